The predicted octanol–water partition coefficient (Wildman–Crippen LogP) is 4.20. The maximum absolute atomic E-state index is 4.70. The van der Waals surface area contributed by atoms with Crippen molar-refractivity contribution in [2.24, 2.45) is 23.2 Å². The van der Waals surface area contributed by atoms with Gasteiger partial charge in [0.2, 0.25) is 0 Å². The zero-order chi connectivity index (χ0) is 21.5. The van der Waals surface area contributed by atoms with Gasteiger partial charge in [0.25, 0.3) is 0 Å². The van der Waals surface area contributed by atoms with E-state index in [0.29, 0.717) is 5.41 Å². The number of aromatic nitrogens is 1. The van der Waals surface area contributed by atoms with Gasteiger partial charge in [0.15, 0.2) is 0 Å². The number of piperidine rings is 2. The van der Waals surface area contributed by atoms with Crippen molar-refractivity contribution in [1.82, 2.24) is 15.2 Å². The van der Waals surface area contributed by atoms with Gasteiger partial charge in [-0.25, -0.2) is 0 Å². The Bertz CT molecular complexity index is 938. The van der Waals surface area contributed by atoms with E-state index in [-0.39, 0.29) is 0 Å². The Labute approximate surface area is 192 Å². The van der Waals surface area contributed by atoms with Crippen molar-refractivity contribution in [2.45, 2.75) is 38.5 Å². The highest BCUT2D eigenvalue weighted by Crippen LogP contribution is 2.47. The molecule has 1 saturated carbocycles. The van der Waals surface area contributed by atoms with Crippen LogP contribution in [0.5, 0.6) is 0 Å². The molecule has 0 radical (unpaired) electrons. The van der Waals surface area contributed by atoms with Gasteiger partial charge < -0.3 is 20.4 Å². The molecule has 0 amide bonds. The van der Waals surface area contributed by atoms with E-state index in [2.05, 4.69) is 44.7 Å². The molecule has 172 valence electrons. The Balaban J connectivity index is 1.18. The minimum absolute atomic E-state index is 0.653. The monoisotopic (exact) mass is 433 g/mol. The van der Waals surface area contributed by atoms with Crippen LogP contribution in [0.1, 0.15) is 38.5 Å². The van der Waals surface area contributed by atoms with Crippen molar-refractivity contribution in [3.05, 3.63) is 30.5 Å². The zero-order valence-electron chi connectivity index (χ0n) is 19.7. The Morgan fingerprint density at radius 3 is 2.62 bits per heavy atom. The molecular weight excluding hydrogens is 394 g/mol. The van der Waals surface area contributed by atoms with Crippen LogP contribution in [0.15, 0.2) is 30.5 Å². The largest absolute Gasteiger partial charge is 0.386 e. The van der Waals surface area contributed by atoms with Crippen LogP contribution in [0, 0.1) is 23.2 Å². The van der Waals surface area contributed by atoms with E-state index < -0.39 is 0 Å². The summed E-state index contributed by atoms with van der Waals surface area (Å²) in [6, 6.07) is 8.87. The summed E-state index contributed by atoms with van der Waals surface area (Å²) >= 11 is 0. The summed E-state index contributed by atoms with van der Waals surface area (Å²) in [7, 11) is 1.99. The fourth-order valence-electron chi connectivity index (χ4n) is 6.98. The summed E-state index contributed by atoms with van der Waals surface area (Å²) in [5.41, 5.74) is 4.26. The van der Waals surface area contributed by atoms with E-state index in [4.69, 9.17) is 4.98 Å². The quantitative estimate of drug-likeness (QED) is 0.740. The second kappa shape index (κ2) is 8.49. The third kappa shape index (κ3) is 3.88. The first kappa shape index (κ1) is 20.7. The molecule has 4 heterocycles. The van der Waals surface area contributed by atoms with Gasteiger partial charge in [-0.05, 0) is 112 Å². The topological polar surface area (TPSA) is 43.4 Å². The minimum Gasteiger partial charge on any atom is -0.386 e. The van der Waals surface area contributed by atoms with Crippen LogP contribution in [-0.4, -0.2) is 62.7 Å². The molecule has 0 unspecified atom stereocenters. The average molecular weight is 434 g/mol. The lowest BCUT2D eigenvalue weighted by Crippen LogP contribution is -2.47. The molecule has 3 aliphatic heterocycles. The second-order valence-corrected chi connectivity index (χ2v) is 11.0. The number of anilines is 2. The van der Waals surface area contributed by atoms with Crippen LogP contribution in [0.3, 0.4) is 0 Å². The third-order valence-electron chi connectivity index (χ3n) is 9.15. The molecule has 2 atom stereocenters. The summed E-state index contributed by atoms with van der Waals surface area (Å²) in [5.74, 6) is 2.63. The first-order chi connectivity index (χ1) is 15.7. The highest BCUT2D eigenvalue weighted by molar-refractivity contribution is 5.99. The van der Waals surface area contributed by atoms with Crippen molar-refractivity contribution in [2.75, 3.05) is 63.1 Å². The lowest BCUT2D eigenvalue weighted by Gasteiger charge is -2.45. The number of nitrogens with zero attached hydrogens (tertiary/aromatic N) is 3. The van der Waals surface area contributed by atoms with Gasteiger partial charge in [0.1, 0.15) is 0 Å². The molecule has 5 heteroatoms. The number of fused-ring (bicyclic) bond motifs is 1. The summed E-state index contributed by atoms with van der Waals surface area (Å²) in [6.45, 7) is 8.83. The van der Waals surface area contributed by atoms with Crippen LogP contribution < -0.4 is 15.5 Å². The molecule has 32 heavy (non-hydrogen) atoms. The lowest BCUT2D eigenvalue weighted by atomic mass is 9.71. The van der Waals surface area contributed by atoms with E-state index in [1.165, 1.54) is 95.4 Å². The Hall–Kier alpha value is -1.85. The molecule has 5 nitrogen and oxygen atoms in total. The van der Waals surface area contributed by atoms with Crippen molar-refractivity contribution < 1.29 is 0 Å². The van der Waals surface area contributed by atoms with Gasteiger partial charge in [-0.15, -0.1) is 0 Å². The van der Waals surface area contributed by atoms with Crippen molar-refractivity contribution in [1.29, 1.82) is 0 Å². The van der Waals surface area contributed by atoms with E-state index in [1.807, 2.05) is 13.2 Å². The van der Waals surface area contributed by atoms with Gasteiger partial charge in [-0.1, -0.05) is 0 Å². The van der Waals surface area contributed by atoms with Crippen molar-refractivity contribution >= 4 is 22.3 Å². The Kier molecular flexibility index (Phi) is 5.50. The summed E-state index contributed by atoms with van der Waals surface area (Å²) < 4.78 is 0. The molecule has 3 saturated heterocycles. The maximum atomic E-state index is 4.70. The molecule has 0 bridgehead atoms. The number of benzene rings is 1. The van der Waals surface area contributed by atoms with Crippen LogP contribution in [0.2, 0.25) is 0 Å². The van der Waals surface area contributed by atoms with Gasteiger partial charge in [-0.2, -0.15) is 0 Å². The number of hydrogen-bond acceptors (Lipinski definition) is 5. The van der Waals surface area contributed by atoms with Gasteiger partial charge in [0, 0.05) is 44.0 Å². The molecule has 1 aliphatic carbocycles. The number of likely N-dealkylation sites (tertiary alicyclic amines) is 1. The predicted molar refractivity (Wildman–Crippen MR) is 133 cm³/mol. The third-order valence-corrected chi connectivity index (χ3v) is 9.15. The number of rotatable bonds is 5. The Morgan fingerprint density at radius 1 is 1.06 bits per heavy atom. The van der Waals surface area contributed by atoms with E-state index in [1.54, 1.807) is 0 Å². The van der Waals surface area contributed by atoms with Crippen LogP contribution in [0.25, 0.3) is 10.9 Å². The Morgan fingerprint density at radius 2 is 1.88 bits per heavy atom. The normalized spacial score (nSPS) is 28.5. The van der Waals surface area contributed by atoms with Gasteiger partial charge in [-0.3, -0.25) is 4.98 Å². The van der Waals surface area contributed by atoms with Crippen LogP contribution in [-0.2, 0) is 0 Å². The van der Waals surface area contributed by atoms with E-state index >= 15 is 0 Å². The lowest BCUT2D eigenvalue weighted by molar-refractivity contribution is 0.0621. The first-order valence-corrected chi connectivity index (χ1v) is 13.0. The first-order valence-electron chi connectivity index (χ1n) is 13.0. The summed E-state index contributed by atoms with van der Waals surface area (Å²) in [5, 5.41) is 8.18. The van der Waals surface area contributed by atoms with Crippen LogP contribution >= 0.6 is 0 Å². The number of pyridine rings is 1. The fourth-order valence-corrected chi connectivity index (χ4v) is 6.98. The van der Waals surface area contributed by atoms with E-state index in [9.17, 15) is 0 Å². The minimum atomic E-state index is 0.653. The highest BCUT2D eigenvalue weighted by Gasteiger charge is 2.44. The second-order valence-electron chi connectivity index (χ2n) is 11.0. The molecule has 6 rings (SSSR count). The molecule has 2 aromatic rings. The molecule has 1 aromatic carbocycles. The smallest absolute Gasteiger partial charge is 0.0953 e. The van der Waals surface area contributed by atoms with Crippen molar-refractivity contribution in [3.63, 3.8) is 0 Å². The average Bonchev–Trinajstić information content (AvgIpc) is 3.61. The van der Waals surface area contributed by atoms with E-state index in [0.717, 1.165) is 29.0 Å². The van der Waals surface area contributed by atoms with Gasteiger partial charge >= 0.3 is 0 Å². The summed E-state index contributed by atoms with van der Waals surface area (Å²) in [4.78, 5) is 10.2. The molecule has 1 spiro atoms. The number of nitrogens with one attached hydrogen (secondary N) is 2. The van der Waals surface area contributed by atoms with Crippen molar-refractivity contribution in [3.8, 4) is 0 Å². The molecular formula is C27H39N5. The standard InChI is InChI=1S/C27H39N5/c1-28-24-6-7-25(22-3-2-12-30-26(22)24)32-18-21(23(19-32)20-4-5-20)17-31-15-10-27(11-16-31)8-13-29-14-9-27/h2-3,6-7,12,20-21,23,28-29H,4-5,8-11,13-19H2,1H3/t21-,23+/m1/s1. The van der Waals surface area contributed by atoms with Gasteiger partial charge in [0.05, 0.1) is 11.2 Å². The fraction of sp³-hybridized carbons (Fsp3) is 0.667. The SMILES string of the molecule is CNc1ccc(N2C[C@@H](CN3CCC4(CCNCC4)CC3)[C@H](C3CC3)C2)c2cccnc12. The molecule has 4 aliphatic rings. The zero-order valence-corrected chi connectivity index (χ0v) is 19.7. The maximum Gasteiger partial charge on any atom is 0.0953 e. The molecule has 2 N–H and O–H groups in total. The van der Waals surface area contributed by atoms with Crippen LogP contribution in [0.4, 0.5) is 11.4 Å². The molecule has 4 fully saturated rings. The molecule has 1 aromatic heterocycles. The number of hydrogen-bond donors (Lipinski definition) is 2. The highest BCUT2D eigenvalue weighted by atomic mass is 15.2. The summed E-state index contributed by atoms with van der Waals surface area (Å²) in [6.07, 6.45) is 10.4.